The number of nitrogens with one attached hydrogen (secondary N) is 1. The minimum absolute atomic E-state index is 0.0831. The van der Waals surface area contributed by atoms with Crippen molar-refractivity contribution >= 4 is 23.3 Å². The third-order valence-corrected chi connectivity index (χ3v) is 4.23. The van der Waals surface area contributed by atoms with Crippen LogP contribution in [0, 0.1) is 13.8 Å². The van der Waals surface area contributed by atoms with E-state index in [9.17, 15) is 4.79 Å². The number of aryl methyl sites for hydroxylation is 2. The van der Waals surface area contributed by atoms with E-state index in [0.717, 1.165) is 50.5 Å². The Morgan fingerprint density at radius 1 is 1.27 bits per heavy atom. The van der Waals surface area contributed by atoms with E-state index in [1.165, 1.54) is 0 Å². The lowest BCUT2D eigenvalue weighted by molar-refractivity contribution is 0.109. The van der Waals surface area contributed by atoms with Crippen LogP contribution in [0.2, 0.25) is 5.02 Å². The highest BCUT2D eigenvalue weighted by atomic mass is 35.5. The maximum Gasteiger partial charge on any atom is 0.321 e. The van der Waals surface area contributed by atoms with E-state index in [1.54, 1.807) is 7.11 Å². The van der Waals surface area contributed by atoms with Crippen LogP contribution in [0.3, 0.4) is 0 Å². The summed E-state index contributed by atoms with van der Waals surface area (Å²) in [7, 11) is 1.71. The number of urea groups is 1. The van der Waals surface area contributed by atoms with Crippen LogP contribution >= 0.6 is 11.6 Å². The maximum absolute atomic E-state index is 12.4. The molecule has 1 aliphatic rings. The summed E-state index contributed by atoms with van der Waals surface area (Å²) in [5, 5.41) is 3.53. The molecule has 1 saturated heterocycles. The van der Waals surface area contributed by atoms with Gasteiger partial charge in [-0.3, -0.25) is 4.90 Å². The Labute approximate surface area is 137 Å². The molecule has 6 heteroatoms. The first kappa shape index (κ1) is 17.1. The van der Waals surface area contributed by atoms with Crippen LogP contribution in [0.15, 0.2) is 12.1 Å². The molecular weight excluding hydrogens is 302 g/mol. The van der Waals surface area contributed by atoms with Crippen LogP contribution in [0.5, 0.6) is 0 Å². The normalized spacial score (nSPS) is 15.9. The van der Waals surface area contributed by atoms with Crippen molar-refractivity contribution in [3.05, 3.63) is 28.3 Å². The molecule has 0 atom stereocenters. The molecule has 0 unspecified atom stereocenters. The molecule has 1 aromatic rings. The van der Waals surface area contributed by atoms with Crippen molar-refractivity contribution in [3.8, 4) is 0 Å². The molecule has 1 N–H and O–H groups in total. The fourth-order valence-corrected chi connectivity index (χ4v) is 3.02. The number of hydrogen-bond donors (Lipinski definition) is 1. The first-order valence-electron chi connectivity index (χ1n) is 7.55. The van der Waals surface area contributed by atoms with Gasteiger partial charge >= 0.3 is 6.03 Å². The van der Waals surface area contributed by atoms with E-state index in [0.29, 0.717) is 10.7 Å². The van der Waals surface area contributed by atoms with Gasteiger partial charge in [-0.25, -0.2) is 4.79 Å². The van der Waals surface area contributed by atoms with E-state index in [-0.39, 0.29) is 6.03 Å². The van der Waals surface area contributed by atoms with Crippen LogP contribution in [0.25, 0.3) is 0 Å². The molecule has 0 spiro atoms. The summed E-state index contributed by atoms with van der Waals surface area (Å²) in [5.41, 5.74) is 2.78. The van der Waals surface area contributed by atoms with E-state index in [1.807, 2.05) is 30.9 Å². The molecule has 122 valence electrons. The van der Waals surface area contributed by atoms with Crippen LogP contribution in [-0.2, 0) is 4.74 Å². The molecule has 0 bridgehead atoms. The summed E-state index contributed by atoms with van der Waals surface area (Å²) in [5.74, 6) is 0. The van der Waals surface area contributed by atoms with E-state index in [2.05, 4.69) is 10.2 Å². The number of halogens is 1. The molecule has 0 aromatic heterocycles. The number of benzene rings is 1. The number of ether oxygens (including phenoxy) is 1. The number of carbonyl (C=O) groups is 1. The highest BCUT2D eigenvalue weighted by Gasteiger charge is 2.21. The highest BCUT2D eigenvalue weighted by molar-refractivity contribution is 6.34. The first-order valence-corrected chi connectivity index (χ1v) is 7.93. The van der Waals surface area contributed by atoms with Gasteiger partial charge < -0.3 is 15.0 Å². The molecular formula is C16H24ClN3O2. The molecule has 2 amide bonds. The van der Waals surface area contributed by atoms with Gasteiger partial charge in [0.2, 0.25) is 0 Å². The Morgan fingerprint density at radius 2 is 1.95 bits per heavy atom. The van der Waals surface area contributed by atoms with E-state index < -0.39 is 0 Å². The summed E-state index contributed by atoms with van der Waals surface area (Å²) in [6, 6.07) is 3.80. The van der Waals surface area contributed by atoms with Crippen molar-refractivity contribution in [2.24, 2.45) is 0 Å². The van der Waals surface area contributed by atoms with E-state index >= 15 is 0 Å². The lowest BCUT2D eigenvalue weighted by Crippen LogP contribution is -2.50. The van der Waals surface area contributed by atoms with Gasteiger partial charge in [0.1, 0.15) is 0 Å². The Balaban J connectivity index is 1.91. The van der Waals surface area contributed by atoms with Crippen molar-refractivity contribution < 1.29 is 9.53 Å². The number of hydrogen-bond acceptors (Lipinski definition) is 3. The average Bonchev–Trinajstić information content (AvgIpc) is 2.49. The number of carbonyl (C=O) groups excluding carboxylic acids is 1. The molecule has 1 aromatic carbocycles. The summed E-state index contributed by atoms with van der Waals surface area (Å²) in [6.07, 6.45) is 0. The predicted molar refractivity (Wildman–Crippen MR) is 89.8 cm³/mol. The fraction of sp³-hybridized carbons (Fsp3) is 0.562. The predicted octanol–water partition coefficient (Wildman–Crippen LogP) is 2.75. The Kier molecular flexibility index (Phi) is 6.06. The number of amides is 2. The Morgan fingerprint density at radius 3 is 2.55 bits per heavy atom. The molecule has 22 heavy (non-hydrogen) atoms. The molecule has 2 rings (SSSR count). The van der Waals surface area contributed by atoms with Gasteiger partial charge in [0.05, 0.1) is 17.3 Å². The van der Waals surface area contributed by atoms with Crippen LogP contribution in [0.4, 0.5) is 10.5 Å². The fourth-order valence-electron chi connectivity index (χ4n) is 2.65. The molecule has 1 aliphatic heterocycles. The lowest BCUT2D eigenvalue weighted by atomic mass is 10.1. The first-order chi connectivity index (χ1) is 10.5. The standard InChI is InChI=1S/C16H24ClN3O2/c1-12-10-13(2)15(14(17)11-12)18-16(21)20-6-4-19(5-7-20)8-9-22-3/h10-11H,4-9H2,1-3H3,(H,18,21). The van der Waals surface area contributed by atoms with E-state index in [4.69, 9.17) is 16.3 Å². The van der Waals surface area contributed by atoms with Crippen molar-refractivity contribution in [2.45, 2.75) is 13.8 Å². The smallest absolute Gasteiger partial charge is 0.321 e. The molecule has 1 fully saturated rings. The van der Waals surface area contributed by atoms with Crippen molar-refractivity contribution in [1.29, 1.82) is 0 Å². The van der Waals surface area contributed by atoms with Crippen molar-refractivity contribution in [1.82, 2.24) is 9.80 Å². The summed E-state index contributed by atoms with van der Waals surface area (Å²) in [4.78, 5) is 16.5. The zero-order valence-electron chi connectivity index (χ0n) is 13.5. The Bertz CT molecular complexity index is 505. The van der Waals surface area contributed by atoms with Crippen molar-refractivity contribution in [3.63, 3.8) is 0 Å². The number of nitrogens with zero attached hydrogens (tertiary/aromatic N) is 2. The van der Waals surface area contributed by atoms with Gasteiger partial charge in [-0.2, -0.15) is 0 Å². The summed E-state index contributed by atoms with van der Waals surface area (Å²) >= 11 is 6.24. The molecule has 5 nitrogen and oxygen atoms in total. The minimum atomic E-state index is -0.0831. The van der Waals surface area contributed by atoms with Crippen LogP contribution in [-0.4, -0.2) is 62.3 Å². The quantitative estimate of drug-likeness (QED) is 0.925. The van der Waals surface area contributed by atoms with Gasteiger partial charge in [-0.1, -0.05) is 17.7 Å². The van der Waals surface area contributed by atoms with Crippen LogP contribution < -0.4 is 5.32 Å². The summed E-state index contributed by atoms with van der Waals surface area (Å²) in [6.45, 7) is 8.77. The second-order valence-electron chi connectivity index (χ2n) is 5.69. The summed E-state index contributed by atoms with van der Waals surface area (Å²) < 4.78 is 5.08. The number of rotatable bonds is 4. The third-order valence-electron chi connectivity index (χ3n) is 3.93. The van der Waals surface area contributed by atoms with Gasteiger partial charge in [-0.05, 0) is 31.0 Å². The number of methoxy groups -OCH3 is 1. The second-order valence-corrected chi connectivity index (χ2v) is 6.10. The SMILES string of the molecule is COCCN1CCN(C(=O)Nc2c(C)cc(C)cc2Cl)CC1. The van der Waals surface area contributed by atoms with Gasteiger partial charge in [0, 0.05) is 39.8 Å². The topological polar surface area (TPSA) is 44.8 Å². The maximum atomic E-state index is 12.4. The monoisotopic (exact) mass is 325 g/mol. The molecule has 0 aliphatic carbocycles. The lowest BCUT2D eigenvalue weighted by Gasteiger charge is -2.34. The second kappa shape index (κ2) is 7.81. The van der Waals surface area contributed by atoms with Gasteiger partial charge in [0.25, 0.3) is 0 Å². The highest BCUT2D eigenvalue weighted by Crippen LogP contribution is 2.27. The number of piperazine rings is 1. The molecule has 0 saturated carbocycles. The average molecular weight is 326 g/mol. The molecule has 1 heterocycles. The van der Waals surface area contributed by atoms with Crippen LogP contribution in [0.1, 0.15) is 11.1 Å². The third kappa shape index (κ3) is 4.35. The Hall–Kier alpha value is -1.30. The number of anilines is 1. The van der Waals surface area contributed by atoms with Crippen molar-refractivity contribution in [2.75, 3.05) is 51.8 Å². The zero-order chi connectivity index (χ0) is 16.1. The van der Waals surface area contributed by atoms with Gasteiger partial charge in [0.15, 0.2) is 0 Å². The molecule has 0 radical (unpaired) electrons. The largest absolute Gasteiger partial charge is 0.383 e. The van der Waals surface area contributed by atoms with Gasteiger partial charge in [-0.15, -0.1) is 0 Å². The minimum Gasteiger partial charge on any atom is -0.383 e. The zero-order valence-corrected chi connectivity index (χ0v) is 14.2.